The molecule has 13 heavy (non-hydrogen) atoms. The van der Waals surface area contributed by atoms with Gasteiger partial charge in [0.25, 0.3) is 0 Å². The summed E-state index contributed by atoms with van der Waals surface area (Å²) in [5.41, 5.74) is 0.192. The Morgan fingerprint density at radius 1 is 1.23 bits per heavy atom. The van der Waals surface area contributed by atoms with E-state index in [1.807, 2.05) is 0 Å². The Bertz CT molecular complexity index is 261. The van der Waals surface area contributed by atoms with E-state index >= 15 is 0 Å². The van der Waals surface area contributed by atoms with Crippen LogP contribution in [0.1, 0.15) is 13.8 Å². The molecule has 0 heterocycles. The molecule has 0 fully saturated rings. The summed E-state index contributed by atoms with van der Waals surface area (Å²) in [5.74, 6) is -2.24. The highest BCUT2D eigenvalue weighted by atomic mass is 16.4. The van der Waals surface area contributed by atoms with Crippen LogP contribution in [-0.2, 0) is 9.59 Å². The van der Waals surface area contributed by atoms with Crippen LogP contribution in [-0.4, -0.2) is 22.2 Å². The molecule has 4 nitrogen and oxygen atoms in total. The predicted octanol–water partition coefficient (Wildman–Crippen LogP) is 1.29. The molecule has 0 spiro atoms. The smallest absolute Gasteiger partial charge is 0.331 e. The highest BCUT2D eigenvalue weighted by molar-refractivity contribution is 5.88. The second-order valence-electron chi connectivity index (χ2n) is 2.78. The number of hydrogen-bond donors (Lipinski definition) is 2. The zero-order valence-electron chi connectivity index (χ0n) is 7.52. The van der Waals surface area contributed by atoms with Gasteiger partial charge in [-0.2, -0.15) is 0 Å². The van der Waals surface area contributed by atoms with Crippen LogP contribution < -0.4 is 0 Å². The van der Waals surface area contributed by atoms with E-state index in [9.17, 15) is 9.59 Å². The van der Waals surface area contributed by atoms with Crippen molar-refractivity contribution in [2.45, 2.75) is 13.8 Å². The highest BCUT2D eigenvalue weighted by Gasteiger charge is 2.09. The van der Waals surface area contributed by atoms with Gasteiger partial charge in [-0.05, 0) is 5.92 Å². The maximum atomic E-state index is 10.6. The summed E-state index contributed by atoms with van der Waals surface area (Å²) in [6, 6.07) is 0. The largest absolute Gasteiger partial charge is 0.478 e. The Morgan fingerprint density at radius 3 is 2.08 bits per heavy atom. The Labute approximate surface area is 76.2 Å². The lowest BCUT2D eigenvalue weighted by Crippen LogP contribution is -2.06. The number of hydrogen-bond acceptors (Lipinski definition) is 2. The minimum absolute atomic E-state index is 0.129. The van der Waals surface area contributed by atoms with Crippen LogP contribution in [0.3, 0.4) is 0 Å². The maximum Gasteiger partial charge on any atom is 0.331 e. The van der Waals surface area contributed by atoms with Crippen LogP contribution in [0.5, 0.6) is 0 Å². The monoisotopic (exact) mass is 184 g/mol. The summed E-state index contributed by atoms with van der Waals surface area (Å²) < 4.78 is 0. The van der Waals surface area contributed by atoms with E-state index in [0.29, 0.717) is 0 Å². The van der Waals surface area contributed by atoms with Crippen LogP contribution >= 0.6 is 0 Å². The number of carboxylic acids is 2. The van der Waals surface area contributed by atoms with Crippen LogP contribution in [0.25, 0.3) is 0 Å². The van der Waals surface area contributed by atoms with E-state index in [-0.39, 0.29) is 11.5 Å². The lowest BCUT2D eigenvalue weighted by Gasteiger charge is -2.03. The van der Waals surface area contributed by atoms with Gasteiger partial charge in [0.2, 0.25) is 0 Å². The Kier molecular flexibility index (Phi) is 4.51. The summed E-state index contributed by atoms with van der Waals surface area (Å²) >= 11 is 0. The third kappa shape index (κ3) is 4.79. The molecule has 0 aromatic rings. The van der Waals surface area contributed by atoms with Crippen molar-refractivity contribution in [3.05, 3.63) is 23.8 Å². The fraction of sp³-hybridized carbons (Fsp3) is 0.333. The van der Waals surface area contributed by atoms with Crippen molar-refractivity contribution in [1.29, 1.82) is 0 Å². The zero-order valence-corrected chi connectivity index (χ0v) is 7.52. The maximum absolute atomic E-state index is 10.6. The first kappa shape index (κ1) is 11.4. The molecular weight excluding hydrogens is 172 g/mol. The molecule has 4 heteroatoms. The lowest BCUT2D eigenvalue weighted by atomic mass is 10.0. The molecule has 0 aliphatic heterocycles. The standard InChI is InChI=1S/C9H12O4/c1-6(2)7(9(12)13)4-3-5-8(10)11/h3-6H,1-2H3,(H,10,11)(H,12,13)/b5-3-,7-4-. The van der Waals surface area contributed by atoms with Crippen LogP contribution in [0.15, 0.2) is 23.8 Å². The zero-order chi connectivity index (χ0) is 10.4. The predicted molar refractivity (Wildman–Crippen MR) is 47.3 cm³/mol. The third-order valence-electron chi connectivity index (χ3n) is 1.38. The van der Waals surface area contributed by atoms with Gasteiger partial charge in [-0.15, -0.1) is 0 Å². The molecule has 0 amide bonds. The molecular formula is C9H12O4. The molecule has 0 rings (SSSR count). The minimum atomic E-state index is -1.09. The van der Waals surface area contributed by atoms with Gasteiger partial charge in [0.05, 0.1) is 0 Å². The topological polar surface area (TPSA) is 74.6 Å². The molecule has 0 unspecified atom stereocenters. The van der Waals surface area contributed by atoms with E-state index in [2.05, 4.69) is 0 Å². The molecule has 72 valence electrons. The Morgan fingerprint density at radius 2 is 1.77 bits per heavy atom. The van der Waals surface area contributed by atoms with Crippen LogP contribution in [0, 0.1) is 5.92 Å². The van der Waals surface area contributed by atoms with Gasteiger partial charge in [0.15, 0.2) is 0 Å². The van der Waals surface area contributed by atoms with E-state index in [0.717, 1.165) is 6.08 Å². The average molecular weight is 184 g/mol. The number of rotatable bonds is 4. The van der Waals surface area contributed by atoms with Gasteiger partial charge in [-0.1, -0.05) is 26.0 Å². The lowest BCUT2D eigenvalue weighted by molar-refractivity contribution is -0.133. The van der Waals surface area contributed by atoms with Crippen LogP contribution in [0.4, 0.5) is 0 Å². The van der Waals surface area contributed by atoms with E-state index in [1.165, 1.54) is 12.2 Å². The molecule has 0 saturated carbocycles. The first-order valence-electron chi connectivity index (χ1n) is 3.79. The molecule has 0 bridgehead atoms. The third-order valence-corrected chi connectivity index (χ3v) is 1.38. The fourth-order valence-corrected chi connectivity index (χ4v) is 0.745. The summed E-state index contributed by atoms with van der Waals surface area (Å²) in [6.07, 6.45) is 3.40. The van der Waals surface area contributed by atoms with Gasteiger partial charge >= 0.3 is 11.9 Å². The highest BCUT2D eigenvalue weighted by Crippen LogP contribution is 2.09. The van der Waals surface area contributed by atoms with E-state index in [4.69, 9.17) is 10.2 Å². The quantitative estimate of drug-likeness (QED) is 0.510. The number of aliphatic carboxylic acids is 2. The van der Waals surface area contributed by atoms with Gasteiger partial charge in [0.1, 0.15) is 0 Å². The second-order valence-corrected chi connectivity index (χ2v) is 2.78. The molecule has 0 aliphatic rings. The van der Waals surface area contributed by atoms with Crippen molar-refractivity contribution < 1.29 is 19.8 Å². The summed E-state index contributed by atoms with van der Waals surface area (Å²) in [4.78, 5) is 20.6. The van der Waals surface area contributed by atoms with E-state index in [1.54, 1.807) is 13.8 Å². The normalized spacial score (nSPS) is 12.4. The molecule has 0 radical (unpaired) electrons. The number of allylic oxidation sites excluding steroid dienone is 2. The van der Waals surface area contributed by atoms with Crippen molar-refractivity contribution in [1.82, 2.24) is 0 Å². The Balaban J connectivity index is 4.56. The fourth-order valence-electron chi connectivity index (χ4n) is 0.745. The Hall–Kier alpha value is -1.58. The first-order valence-corrected chi connectivity index (χ1v) is 3.79. The average Bonchev–Trinajstić information content (AvgIpc) is 1.95. The molecule has 0 aliphatic carbocycles. The number of carbonyl (C=O) groups is 2. The van der Waals surface area contributed by atoms with Crippen molar-refractivity contribution in [3.8, 4) is 0 Å². The molecule has 2 N–H and O–H groups in total. The van der Waals surface area contributed by atoms with Gasteiger partial charge in [-0.25, -0.2) is 9.59 Å². The summed E-state index contributed by atoms with van der Waals surface area (Å²) in [6.45, 7) is 3.46. The van der Waals surface area contributed by atoms with E-state index < -0.39 is 11.9 Å². The van der Waals surface area contributed by atoms with Gasteiger partial charge < -0.3 is 10.2 Å². The van der Waals surface area contributed by atoms with Crippen molar-refractivity contribution in [2.24, 2.45) is 5.92 Å². The summed E-state index contributed by atoms with van der Waals surface area (Å²) in [7, 11) is 0. The van der Waals surface area contributed by atoms with Crippen molar-refractivity contribution in [2.75, 3.05) is 0 Å². The molecule has 0 aromatic carbocycles. The first-order chi connectivity index (χ1) is 5.95. The van der Waals surface area contributed by atoms with Gasteiger partial charge in [0, 0.05) is 11.6 Å². The van der Waals surface area contributed by atoms with Crippen molar-refractivity contribution >= 4 is 11.9 Å². The van der Waals surface area contributed by atoms with Gasteiger partial charge in [-0.3, -0.25) is 0 Å². The molecule has 0 aromatic heterocycles. The molecule has 0 atom stereocenters. The SMILES string of the molecule is CC(C)/C(=C/C=C\C(=O)O)C(=O)O. The number of carboxylic acid groups (broad SMARTS) is 2. The summed E-state index contributed by atoms with van der Waals surface area (Å²) in [5, 5.41) is 16.9. The van der Waals surface area contributed by atoms with Crippen LogP contribution in [0.2, 0.25) is 0 Å². The van der Waals surface area contributed by atoms with Crippen molar-refractivity contribution in [3.63, 3.8) is 0 Å². The molecule has 0 saturated heterocycles. The second kappa shape index (κ2) is 5.13. The minimum Gasteiger partial charge on any atom is -0.478 e.